The van der Waals surface area contributed by atoms with Crippen LogP contribution in [0.5, 0.6) is 5.75 Å². The second-order valence-electron chi connectivity index (χ2n) is 4.45. The Hall–Kier alpha value is -1.74. The van der Waals surface area contributed by atoms with Crippen molar-refractivity contribution in [2.75, 3.05) is 0 Å². The highest BCUT2D eigenvalue weighted by molar-refractivity contribution is 7.98. The fourth-order valence-corrected chi connectivity index (χ4v) is 2.81. The number of aryl methyl sites for hydroxylation is 1. The molecule has 98 valence electrons. The van der Waals surface area contributed by atoms with Crippen molar-refractivity contribution in [3.05, 3.63) is 59.2 Å². The van der Waals surface area contributed by atoms with E-state index < -0.39 is 0 Å². The zero-order chi connectivity index (χ0) is 13.8. The van der Waals surface area contributed by atoms with Gasteiger partial charge in [0.2, 0.25) is 0 Å². The van der Waals surface area contributed by atoms with Crippen molar-refractivity contribution in [3.8, 4) is 5.75 Å². The van der Waals surface area contributed by atoms with Crippen LogP contribution in [0.15, 0.2) is 47.4 Å². The number of phenolic OH excluding ortho intramolecular Hbond substituents is 1. The standard InChI is InChI=1S/C16H16O2S/c1-11-5-3-4-6-16(11)19-10-14-9-13(12(2)17)7-8-15(14)18/h3-9,18H,10H2,1-2H3. The van der Waals surface area contributed by atoms with Crippen molar-refractivity contribution in [2.24, 2.45) is 0 Å². The van der Waals surface area contributed by atoms with Crippen LogP contribution in [0.25, 0.3) is 0 Å². The lowest BCUT2D eigenvalue weighted by atomic mass is 10.1. The van der Waals surface area contributed by atoms with Crippen molar-refractivity contribution >= 4 is 17.5 Å². The molecule has 0 aromatic heterocycles. The maximum absolute atomic E-state index is 11.3. The Morgan fingerprint density at radius 1 is 1.21 bits per heavy atom. The topological polar surface area (TPSA) is 37.3 Å². The van der Waals surface area contributed by atoms with Gasteiger partial charge < -0.3 is 5.11 Å². The smallest absolute Gasteiger partial charge is 0.159 e. The SMILES string of the molecule is CC(=O)c1ccc(O)c(CSc2ccccc2C)c1. The number of carbonyl (C=O) groups is 1. The lowest BCUT2D eigenvalue weighted by molar-refractivity contribution is 0.101. The lowest BCUT2D eigenvalue weighted by Crippen LogP contribution is -1.94. The number of benzene rings is 2. The molecule has 0 bridgehead atoms. The summed E-state index contributed by atoms with van der Waals surface area (Å²) >= 11 is 1.66. The first-order chi connectivity index (χ1) is 9.08. The van der Waals surface area contributed by atoms with E-state index in [0.29, 0.717) is 11.3 Å². The number of ketones is 1. The quantitative estimate of drug-likeness (QED) is 0.669. The van der Waals surface area contributed by atoms with E-state index in [-0.39, 0.29) is 11.5 Å². The summed E-state index contributed by atoms with van der Waals surface area (Å²) in [6.07, 6.45) is 0. The van der Waals surface area contributed by atoms with Gasteiger partial charge in [-0.05, 0) is 43.7 Å². The molecule has 0 aliphatic rings. The van der Waals surface area contributed by atoms with E-state index in [2.05, 4.69) is 19.1 Å². The highest BCUT2D eigenvalue weighted by atomic mass is 32.2. The van der Waals surface area contributed by atoms with Crippen LogP contribution in [0.3, 0.4) is 0 Å². The molecule has 0 heterocycles. The van der Waals surface area contributed by atoms with Crippen LogP contribution >= 0.6 is 11.8 Å². The minimum Gasteiger partial charge on any atom is -0.508 e. The molecule has 2 nitrogen and oxygen atoms in total. The molecule has 3 heteroatoms. The fourth-order valence-electron chi connectivity index (χ4n) is 1.79. The summed E-state index contributed by atoms with van der Waals surface area (Å²) in [4.78, 5) is 12.5. The molecule has 2 rings (SSSR count). The number of Topliss-reactive ketones (excluding diaryl/α,β-unsaturated/α-hetero) is 1. The van der Waals surface area contributed by atoms with Crippen molar-refractivity contribution in [1.82, 2.24) is 0 Å². The van der Waals surface area contributed by atoms with Crippen LogP contribution in [0.2, 0.25) is 0 Å². The summed E-state index contributed by atoms with van der Waals surface area (Å²) in [7, 11) is 0. The van der Waals surface area contributed by atoms with Crippen LogP contribution in [0, 0.1) is 6.92 Å². The molecule has 2 aromatic rings. The van der Waals surface area contributed by atoms with Gasteiger partial charge in [0.05, 0.1) is 0 Å². The molecule has 0 amide bonds. The zero-order valence-corrected chi connectivity index (χ0v) is 11.8. The van der Waals surface area contributed by atoms with Gasteiger partial charge >= 0.3 is 0 Å². The Balaban J connectivity index is 2.17. The van der Waals surface area contributed by atoms with Gasteiger partial charge in [0.1, 0.15) is 5.75 Å². The Bertz CT molecular complexity index is 605. The number of phenols is 1. The minimum atomic E-state index is 0.0159. The molecule has 19 heavy (non-hydrogen) atoms. The van der Waals surface area contributed by atoms with Gasteiger partial charge in [-0.15, -0.1) is 11.8 Å². The molecular weight excluding hydrogens is 256 g/mol. The highest BCUT2D eigenvalue weighted by Gasteiger charge is 2.07. The Labute approximate surface area is 117 Å². The molecule has 0 spiro atoms. The van der Waals surface area contributed by atoms with Gasteiger partial charge in [-0.25, -0.2) is 0 Å². The Kier molecular flexibility index (Phi) is 4.27. The van der Waals surface area contributed by atoms with Crippen molar-refractivity contribution < 1.29 is 9.90 Å². The fraction of sp³-hybridized carbons (Fsp3) is 0.188. The molecule has 0 atom stereocenters. The van der Waals surface area contributed by atoms with Crippen molar-refractivity contribution in [1.29, 1.82) is 0 Å². The van der Waals surface area contributed by atoms with Gasteiger partial charge in [0, 0.05) is 21.8 Å². The molecule has 1 N–H and O–H groups in total. The maximum Gasteiger partial charge on any atom is 0.159 e. The molecule has 0 aliphatic carbocycles. The number of thioether (sulfide) groups is 1. The van der Waals surface area contributed by atoms with Gasteiger partial charge in [-0.2, -0.15) is 0 Å². The second-order valence-corrected chi connectivity index (χ2v) is 5.47. The first-order valence-electron chi connectivity index (χ1n) is 6.09. The number of hydrogen-bond donors (Lipinski definition) is 1. The van der Waals surface area contributed by atoms with Crippen LogP contribution in [-0.2, 0) is 5.75 Å². The molecule has 0 aliphatic heterocycles. The van der Waals surface area contributed by atoms with Crippen LogP contribution in [-0.4, -0.2) is 10.9 Å². The third-order valence-corrected chi connectivity index (χ3v) is 4.19. The predicted octanol–water partition coefficient (Wildman–Crippen LogP) is 4.20. The summed E-state index contributed by atoms with van der Waals surface area (Å²) in [5.74, 6) is 0.908. The number of hydrogen-bond acceptors (Lipinski definition) is 3. The van der Waals surface area contributed by atoms with Crippen LogP contribution < -0.4 is 0 Å². The van der Waals surface area contributed by atoms with Crippen molar-refractivity contribution in [3.63, 3.8) is 0 Å². The molecule has 2 aromatic carbocycles. The van der Waals surface area contributed by atoms with Crippen molar-refractivity contribution in [2.45, 2.75) is 24.5 Å². The van der Waals surface area contributed by atoms with E-state index in [1.165, 1.54) is 17.4 Å². The Morgan fingerprint density at radius 3 is 2.63 bits per heavy atom. The average molecular weight is 272 g/mol. The normalized spacial score (nSPS) is 10.4. The molecule has 0 fully saturated rings. The molecular formula is C16H16O2S. The maximum atomic E-state index is 11.3. The monoisotopic (exact) mass is 272 g/mol. The van der Waals surface area contributed by atoms with E-state index in [0.717, 1.165) is 5.56 Å². The summed E-state index contributed by atoms with van der Waals surface area (Å²) in [5, 5.41) is 9.84. The predicted molar refractivity (Wildman–Crippen MR) is 78.9 cm³/mol. The number of rotatable bonds is 4. The second kappa shape index (κ2) is 5.93. The largest absolute Gasteiger partial charge is 0.508 e. The molecule has 0 saturated heterocycles. The molecule has 0 radical (unpaired) electrons. The van der Waals surface area contributed by atoms with Gasteiger partial charge in [-0.1, -0.05) is 18.2 Å². The highest BCUT2D eigenvalue weighted by Crippen LogP contribution is 2.29. The number of carbonyl (C=O) groups excluding carboxylic acids is 1. The third-order valence-electron chi connectivity index (χ3n) is 2.96. The lowest BCUT2D eigenvalue weighted by Gasteiger charge is -2.08. The van der Waals surface area contributed by atoms with Crippen LogP contribution in [0.4, 0.5) is 0 Å². The summed E-state index contributed by atoms with van der Waals surface area (Å²) in [5.41, 5.74) is 2.65. The molecule has 0 saturated carbocycles. The van der Waals surface area contributed by atoms with E-state index in [1.807, 2.05) is 12.1 Å². The molecule has 0 unspecified atom stereocenters. The third kappa shape index (κ3) is 3.38. The van der Waals surface area contributed by atoms with E-state index >= 15 is 0 Å². The van der Waals surface area contributed by atoms with E-state index in [1.54, 1.807) is 30.0 Å². The summed E-state index contributed by atoms with van der Waals surface area (Å²) in [6, 6.07) is 13.1. The Morgan fingerprint density at radius 2 is 1.95 bits per heavy atom. The van der Waals surface area contributed by atoms with Crippen LogP contribution in [0.1, 0.15) is 28.4 Å². The number of aromatic hydroxyl groups is 1. The van der Waals surface area contributed by atoms with E-state index in [9.17, 15) is 9.90 Å². The zero-order valence-electron chi connectivity index (χ0n) is 11.0. The van der Waals surface area contributed by atoms with Gasteiger partial charge in [-0.3, -0.25) is 4.79 Å². The first kappa shape index (κ1) is 13.7. The average Bonchev–Trinajstić information content (AvgIpc) is 2.39. The van der Waals surface area contributed by atoms with E-state index in [4.69, 9.17) is 0 Å². The first-order valence-corrected chi connectivity index (χ1v) is 7.08. The van der Waals surface area contributed by atoms with Gasteiger partial charge in [0.25, 0.3) is 0 Å². The minimum absolute atomic E-state index is 0.0159. The summed E-state index contributed by atoms with van der Waals surface area (Å²) < 4.78 is 0. The van der Waals surface area contributed by atoms with Gasteiger partial charge in [0.15, 0.2) is 5.78 Å². The summed E-state index contributed by atoms with van der Waals surface area (Å²) in [6.45, 7) is 3.60.